The first-order valence-corrected chi connectivity index (χ1v) is 12.3. The molecule has 0 unspecified atom stereocenters. The smallest absolute Gasteiger partial charge is 0.278 e. The number of fused-ring (bicyclic) bond motifs is 2. The molecule has 1 N–H and O–H groups in total. The predicted octanol–water partition coefficient (Wildman–Crippen LogP) is 4.06. The number of anilines is 2. The number of nitrogens with zero attached hydrogens (tertiary/aromatic N) is 4. The summed E-state index contributed by atoms with van der Waals surface area (Å²) in [6.07, 6.45) is 0.627. The zero-order chi connectivity index (χ0) is 25.7. The van der Waals surface area contributed by atoms with Gasteiger partial charge in [-0.3, -0.25) is 19.7 Å². The molecule has 4 aromatic rings. The minimum Gasteiger partial charge on any atom is -0.368 e. The van der Waals surface area contributed by atoms with Gasteiger partial charge in [0.15, 0.2) is 5.82 Å². The quantitative estimate of drug-likeness (QED) is 0.398. The molecule has 0 saturated carbocycles. The Kier molecular flexibility index (Phi) is 6.62. The van der Waals surface area contributed by atoms with Gasteiger partial charge in [0.05, 0.1) is 16.6 Å². The van der Waals surface area contributed by atoms with E-state index in [1.54, 1.807) is 36.4 Å². The number of hydrogen-bond acceptors (Lipinski definition) is 6. The van der Waals surface area contributed by atoms with E-state index in [1.807, 2.05) is 19.1 Å². The summed E-state index contributed by atoms with van der Waals surface area (Å²) in [5, 5.41) is 7.74. The van der Waals surface area contributed by atoms with Crippen molar-refractivity contribution in [2.45, 2.75) is 13.3 Å². The van der Waals surface area contributed by atoms with E-state index in [2.05, 4.69) is 20.2 Å². The second-order valence-corrected chi connectivity index (χ2v) is 9.16. The Morgan fingerprint density at radius 2 is 1.66 bits per heavy atom. The monoisotopic (exact) mass is 533 g/mol. The van der Waals surface area contributed by atoms with Crippen molar-refractivity contribution >= 4 is 52.5 Å². The minimum atomic E-state index is -0.433. The van der Waals surface area contributed by atoms with E-state index in [1.165, 1.54) is 16.8 Å². The standard InChI is InChI=1S/C28H24FN5O3.ClH/c1-2-19-22(11-10-21-24(19)27(36)30-26(21)35)32-12-14-33(15-13-32)25-20-9-8-18(29)16-23(20)34(31-25)28(37)17-6-4-3-5-7-17;/h3-11,16H,2,12-15H2,1H3,(H,30,35,36);1H. The molecule has 8 nitrogen and oxygen atoms in total. The second kappa shape index (κ2) is 9.90. The van der Waals surface area contributed by atoms with Gasteiger partial charge in [0, 0.05) is 48.9 Å². The Hall–Kier alpha value is -4.24. The van der Waals surface area contributed by atoms with Crippen LogP contribution >= 0.6 is 12.4 Å². The molecule has 1 fully saturated rings. The van der Waals surface area contributed by atoms with Crippen LogP contribution in [0.4, 0.5) is 15.9 Å². The maximum absolute atomic E-state index is 14.2. The Balaban J connectivity index is 0.00000294. The number of carbonyl (C=O) groups excluding carboxylic acids is 3. The van der Waals surface area contributed by atoms with Gasteiger partial charge in [0.2, 0.25) is 0 Å². The SMILES string of the molecule is CCc1c(N2CCN(c3nn(C(=O)c4ccccc4)c4cc(F)ccc34)CC2)ccc2c1C(=O)NC2=O.Cl. The number of piperazine rings is 1. The van der Waals surface area contributed by atoms with Crippen LogP contribution in [0.5, 0.6) is 0 Å². The maximum Gasteiger partial charge on any atom is 0.278 e. The first-order valence-electron chi connectivity index (χ1n) is 12.3. The molecule has 194 valence electrons. The molecule has 0 spiro atoms. The molecule has 0 atom stereocenters. The lowest BCUT2D eigenvalue weighted by atomic mass is 9.97. The first-order chi connectivity index (χ1) is 18.0. The highest BCUT2D eigenvalue weighted by molar-refractivity contribution is 6.22. The minimum absolute atomic E-state index is 0. The van der Waals surface area contributed by atoms with E-state index in [-0.39, 0.29) is 30.1 Å². The van der Waals surface area contributed by atoms with Crippen molar-refractivity contribution in [2.75, 3.05) is 36.0 Å². The van der Waals surface area contributed by atoms with Crippen LogP contribution in [-0.4, -0.2) is 53.7 Å². The highest BCUT2D eigenvalue weighted by atomic mass is 35.5. The third kappa shape index (κ3) is 4.09. The normalized spacial score (nSPS) is 14.9. The first kappa shape index (κ1) is 25.4. The molecule has 38 heavy (non-hydrogen) atoms. The van der Waals surface area contributed by atoms with Gasteiger partial charge >= 0.3 is 0 Å². The summed E-state index contributed by atoms with van der Waals surface area (Å²) in [4.78, 5) is 42.0. The maximum atomic E-state index is 14.2. The molecule has 3 heterocycles. The van der Waals surface area contributed by atoms with Gasteiger partial charge in [-0.15, -0.1) is 17.5 Å². The summed E-state index contributed by atoms with van der Waals surface area (Å²) < 4.78 is 15.4. The molecule has 6 rings (SSSR count). The molecule has 1 aromatic heterocycles. The molecule has 1 saturated heterocycles. The van der Waals surface area contributed by atoms with Gasteiger partial charge in [-0.25, -0.2) is 4.39 Å². The lowest BCUT2D eigenvalue weighted by Crippen LogP contribution is -2.47. The molecule has 0 bridgehead atoms. The van der Waals surface area contributed by atoms with Crippen molar-refractivity contribution in [3.05, 3.63) is 88.7 Å². The van der Waals surface area contributed by atoms with Crippen molar-refractivity contribution < 1.29 is 18.8 Å². The van der Waals surface area contributed by atoms with Crippen LogP contribution in [-0.2, 0) is 6.42 Å². The Morgan fingerprint density at radius 1 is 0.947 bits per heavy atom. The zero-order valence-electron chi connectivity index (χ0n) is 20.6. The fourth-order valence-corrected chi connectivity index (χ4v) is 5.29. The Labute approximate surface area is 224 Å². The van der Waals surface area contributed by atoms with Gasteiger partial charge in [0.1, 0.15) is 5.82 Å². The molecular formula is C28H25ClFN5O3. The Bertz CT molecular complexity index is 1580. The number of amides is 2. The molecule has 2 aliphatic heterocycles. The van der Waals surface area contributed by atoms with Crippen molar-refractivity contribution in [1.29, 1.82) is 0 Å². The van der Waals surface area contributed by atoms with Crippen LogP contribution in [0, 0.1) is 5.82 Å². The number of halogens is 2. The molecule has 10 heteroatoms. The van der Waals surface area contributed by atoms with Crippen molar-refractivity contribution in [3.8, 4) is 0 Å². The van der Waals surface area contributed by atoms with Crippen molar-refractivity contribution in [3.63, 3.8) is 0 Å². The summed E-state index contributed by atoms with van der Waals surface area (Å²) >= 11 is 0. The van der Waals surface area contributed by atoms with Crippen molar-refractivity contribution in [2.24, 2.45) is 0 Å². The second-order valence-electron chi connectivity index (χ2n) is 9.16. The van der Waals surface area contributed by atoms with Gasteiger partial charge in [-0.2, -0.15) is 4.68 Å². The van der Waals surface area contributed by atoms with Crippen molar-refractivity contribution in [1.82, 2.24) is 15.1 Å². The molecule has 2 aliphatic rings. The highest BCUT2D eigenvalue weighted by Crippen LogP contribution is 2.33. The lowest BCUT2D eigenvalue weighted by molar-refractivity contribution is 0.0877. The fraction of sp³-hybridized carbons (Fsp3) is 0.214. The number of carbonyl (C=O) groups is 3. The number of aromatic nitrogens is 2. The fourth-order valence-electron chi connectivity index (χ4n) is 5.29. The number of rotatable bonds is 4. The lowest BCUT2D eigenvalue weighted by Gasteiger charge is -2.37. The van der Waals surface area contributed by atoms with Crippen LogP contribution < -0.4 is 15.1 Å². The number of nitrogens with one attached hydrogen (secondary N) is 1. The molecule has 3 aromatic carbocycles. The zero-order valence-corrected chi connectivity index (χ0v) is 21.4. The van der Waals surface area contributed by atoms with Crippen LogP contribution in [0.2, 0.25) is 0 Å². The summed E-state index contributed by atoms with van der Waals surface area (Å²) in [5.74, 6) is -0.815. The van der Waals surface area contributed by atoms with Gasteiger partial charge in [-0.05, 0) is 48.4 Å². The predicted molar refractivity (Wildman–Crippen MR) is 145 cm³/mol. The molecule has 0 aliphatic carbocycles. The number of imide groups is 1. The third-order valence-electron chi connectivity index (χ3n) is 7.10. The van der Waals surface area contributed by atoms with Gasteiger partial charge in [-0.1, -0.05) is 25.1 Å². The average molecular weight is 534 g/mol. The molecule has 0 radical (unpaired) electrons. The summed E-state index contributed by atoms with van der Waals surface area (Å²) in [6, 6.07) is 16.8. The average Bonchev–Trinajstić information content (AvgIpc) is 3.44. The highest BCUT2D eigenvalue weighted by Gasteiger charge is 2.32. The summed E-state index contributed by atoms with van der Waals surface area (Å²) in [5.41, 5.74) is 3.61. The number of hydrogen-bond donors (Lipinski definition) is 1. The van der Waals surface area contributed by atoms with E-state index in [9.17, 15) is 18.8 Å². The van der Waals surface area contributed by atoms with Gasteiger partial charge in [0.25, 0.3) is 17.7 Å². The summed E-state index contributed by atoms with van der Waals surface area (Å²) in [6.45, 7) is 4.53. The van der Waals surface area contributed by atoms with Crippen LogP contribution in [0.1, 0.15) is 43.6 Å². The topological polar surface area (TPSA) is 87.5 Å². The van der Waals surface area contributed by atoms with Crippen LogP contribution in [0.15, 0.2) is 60.7 Å². The molecular weight excluding hydrogens is 509 g/mol. The van der Waals surface area contributed by atoms with Crippen LogP contribution in [0.3, 0.4) is 0 Å². The van der Waals surface area contributed by atoms with E-state index in [0.29, 0.717) is 66.0 Å². The van der Waals surface area contributed by atoms with E-state index < -0.39 is 5.82 Å². The van der Waals surface area contributed by atoms with E-state index in [0.717, 1.165) is 11.3 Å². The largest absolute Gasteiger partial charge is 0.368 e. The van der Waals surface area contributed by atoms with Gasteiger partial charge < -0.3 is 9.80 Å². The van der Waals surface area contributed by atoms with Crippen LogP contribution in [0.25, 0.3) is 10.9 Å². The van der Waals surface area contributed by atoms with E-state index >= 15 is 0 Å². The molecule has 2 amide bonds. The van der Waals surface area contributed by atoms with E-state index in [4.69, 9.17) is 0 Å². The third-order valence-corrected chi connectivity index (χ3v) is 7.10. The Morgan fingerprint density at radius 3 is 2.37 bits per heavy atom. The number of benzene rings is 3. The summed E-state index contributed by atoms with van der Waals surface area (Å²) in [7, 11) is 0.